The molecule has 2 nitrogen and oxygen atoms in total. The van der Waals surface area contributed by atoms with E-state index in [1.165, 1.54) is 0 Å². The van der Waals surface area contributed by atoms with Crippen LogP contribution in [0, 0.1) is 3.57 Å². The van der Waals surface area contributed by atoms with Gasteiger partial charge in [-0.15, -0.1) is 0 Å². The van der Waals surface area contributed by atoms with Crippen LogP contribution >= 0.6 is 34.2 Å². The third kappa shape index (κ3) is 2.50. The van der Waals surface area contributed by atoms with E-state index in [1.54, 1.807) is 6.07 Å². The molecule has 1 heterocycles. The Hall–Kier alpha value is -1.04. The number of aliphatic hydroxyl groups excluding tert-OH is 1. The molecule has 0 aliphatic carbocycles. The van der Waals surface area contributed by atoms with Crippen molar-refractivity contribution in [1.29, 1.82) is 0 Å². The maximum absolute atomic E-state index is 10.4. The number of furan rings is 1. The summed E-state index contributed by atoms with van der Waals surface area (Å²) >= 11 is 8.23. The van der Waals surface area contributed by atoms with Crippen LogP contribution in [-0.4, -0.2) is 5.11 Å². The molecule has 19 heavy (non-hydrogen) atoms. The Bertz CT molecular complexity index is 703. The van der Waals surface area contributed by atoms with Crippen LogP contribution in [0.4, 0.5) is 0 Å². The molecule has 3 rings (SSSR count). The average Bonchev–Trinajstić information content (AvgIpc) is 2.85. The van der Waals surface area contributed by atoms with Gasteiger partial charge in [-0.2, -0.15) is 0 Å². The van der Waals surface area contributed by atoms with Crippen LogP contribution in [0.15, 0.2) is 52.9 Å². The van der Waals surface area contributed by atoms with E-state index in [4.69, 9.17) is 16.0 Å². The van der Waals surface area contributed by atoms with E-state index < -0.39 is 6.10 Å². The third-order valence-corrected chi connectivity index (χ3v) is 4.55. The average molecular weight is 385 g/mol. The Balaban J connectivity index is 2.02. The number of fused-ring (bicyclic) bond motifs is 1. The highest BCUT2D eigenvalue weighted by Gasteiger charge is 2.16. The first kappa shape index (κ1) is 13.0. The number of rotatable bonds is 2. The maximum Gasteiger partial charge on any atom is 0.138 e. The van der Waals surface area contributed by atoms with Gasteiger partial charge in [0.05, 0.1) is 5.02 Å². The van der Waals surface area contributed by atoms with Crippen LogP contribution in [-0.2, 0) is 0 Å². The highest BCUT2D eigenvalue weighted by Crippen LogP contribution is 2.30. The molecule has 2 aromatic carbocycles. The molecule has 1 N–H and O–H groups in total. The first-order chi connectivity index (χ1) is 9.15. The summed E-state index contributed by atoms with van der Waals surface area (Å²) in [7, 11) is 0. The SMILES string of the molecule is OC(c1ccc(I)c(Cl)c1)c1cc2ccccc2o1. The van der Waals surface area contributed by atoms with Crippen LogP contribution < -0.4 is 0 Å². The first-order valence-electron chi connectivity index (χ1n) is 5.76. The van der Waals surface area contributed by atoms with E-state index in [1.807, 2.05) is 42.5 Å². The molecule has 96 valence electrons. The number of hydrogen-bond donors (Lipinski definition) is 1. The van der Waals surface area contributed by atoms with Crippen molar-refractivity contribution in [2.45, 2.75) is 6.10 Å². The van der Waals surface area contributed by atoms with Gasteiger partial charge in [-0.25, -0.2) is 0 Å². The molecule has 1 unspecified atom stereocenters. The van der Waals surface area contributed by atoms with Gasteiger partial charge >= 0.3 is 0 Å². The Kier molecular flexibility index (Phi) is 3.52. The van der Waals surface area contributed by atoms with Gasteiger partial charge in [0.25, 0.3) is 0 Å². The standard InChI is InChI=1S/C15H10ClIO2/c16-11-7-10(5-6-12(11)17)15(18)14-8-9-3-1-2-4-13(9)19-14/h1-8,15,18H. The molecule has 0 saturated carbocycles. The minimum absolute atomic E-state index is 0.526. The van der Waals surface area contributed by atoms with Gasteiger partial charge in [-0.05, 0) is 52.4 Å². The quantitative estimate of drug-likeness (QED) is 0.646. The number of benzene rings is 2. The van der Waals surface area contributed by atoms with Crippen molar-refractivity contribution in [3.8, 4) is 0 Å². The lowest BCUT2D eigenvalue weighted by Gasteiger charge is -2.08. The number of hydrogen-bond acceptors (Lipinski definition) is 2. The van der Waals surface area contributed by atoms with Gasteiger partial charge in [-0.1, -0.05) is 35.9 Å². The smallest absolute Gasteiger partial charge is 0.138 e. The van der Waals surface area contributed by atoms with Crippen molar-refractivity contribution in [2.75, 3.05) is 0 Å². The zero-order chi connectivity index (χ0) is 13.4. The fourth-order valence-corrected chi connectivity index (χ4v) is 2.51. The van der Waals surface area contributed by atoms with Crippen molar-refractivity contribution >= 4 is 45.2 Å². The second-order valence-corrected chi connectivity index (χ2v) is 5.83. The van der Waals surface area contributed by atoms with Gasteiger partial charge in [0.15, 0.2) is 0 Å². The largest absolute Gasteiger partial charge is 0.458 e. The Morgan fingerprint density at radius 3 is 2.63 bits per heavy atom. The van der Waals surface area contributed by atoms with Crippen LogP contribution in [0.25, 0.3) is 11.0 Å². The van der Waals surface area contributed by atoms with Crippen LogP contribution in [0.2, 0.25) is 5.02 Å². The zero-order valence-electron chi connectivity index (χ0n) is 9.81. The third-order valence-electron chi connectivity index (χ3n) is 2.97. The predicted molar refractivity (Wildman–Crippen MR) is 84.4 cm³/mol. The number of para-hydroxylation sites is 1. The highest BCUT2D eigenvalue weighted by atomic mass is 127. The Morgan fingerprint density at radius 2 is 1.89 bits per heavy atom. The molecular weight excluding hydrogens is 375 g/mol. The molecule has 0 aliphatic rings. The first-order valence-corrected chi connectivity index (χ1v) is 7.22. The zero-order valence-corrected chi connectivity index (χ0v) is 12.7. The van der Waals surface area contributed by atoms with Gasteiger partial charge in [0, 0.05) is 8.96 Å². The lowest BCUT2D eigenvalue weighted by atomic mass is 10.1. The predicted octanol–water partition coefficient (Wildman–Crippen LogP) is 4.77. The molecule has 0 aliphatic heterocycles. The summed E-state index contributed by atoms with van der Waals surface area (Å²) < 4.78 is 6.62. The lowest BCUT2D eigenvalue weighted by Crippen LogP contribution is -1.98. The maximum atomic E-state index is 10.4. The summed E-state index contributed by atoms with van der Waals surface area (Å²) in [6, 6.07) is 15.0. The van der Waals surface area contributed by atoms with Crippen molar-refractivity contribution in [3.05, 3.63) is 68.4 Å². The van der Waals surface area contributed by atoms with Gasteiger partial charge in [0.1, 0.15) is 17.4 Å². The molecule has 3 aromatic rings. The summed E-state index contributed by atoms with van der Waals surface area (Å²) in [5.41, 5.74) is 1.50. The Morgan fingerprint density at radius 1 is 1.11 bits per heavy atom. The minimum Gasteiger partial charge on any atom is -0.458 e. The van der Waals surface area contributed by atoms with Gasteiger partial charge < -0.3 is 9.52 Å². The fraction of sp³-hybridized carbons (Fsp3) is 0.0667. The fourth-order valence-electron chi connectivity index (χ4n) is 1.98. The van der Waals surface area contributed by atoms with E-state index in [0.717, 1.165) is 20.1 Å². The van der Waals surface area contributed by atoms with Crippen LogP contribution in [0.1, 0.15) is 17.4 Å². The summed E-state index contributed by atoms with van der Waals surface area (Å²) in [6.07, 6.45) is -0.804. The van der Waals surface area contributed by atoms with Crippen LogP contribution in [0.3, 0.4) is 0 Å². The normalized spacial score (nSPS) is 12.8. The second kappa shape index (κ2) is 5.15. The highest BCUT2D eigenvalue weighted by molar-refractivity contribution is 14.1. The lowest BCUT2D eigenvalue weighted by molar-refractivity contribution is 0.192. The number of halogens is 2. The molecule has 0 saturated heterocycles. The van der Waals surface area contributed by atoms with Crippen molar-refractivity contribution in [2.24, 2.45) is 0 Å². The monoisotopic (exact) mass is 384 g/mol. The van der Waals surface area contributed by atoms with E-state index in [0.29, 0.717) is 10.8 Å². The molecule has 0 bridgehead atoms. The molecular formula is C15H10ClIO2. The van der Waals surface area contributed by atoms with Gasteiger partial charge in [-0.3, -0.25) is 0 Å². The van der Waals surface area contributed by atoms with Gasteiger partial charge in [0.2, 0.25) is 0 Å². The molecule has 0 spiro atoms. The summed E-state index contributed by atoms with van der Waals surface area (Å²) in [5, 5.41) is 12.0. The van der Waals surface area contributed by atoms with E-state index >= 15 is 0 Å². The molecule has 0 fully saturated rings. The van der Waals surface area contributed by atoms with E-state index in [-0.39, 0.29) is 0 Å². The van der Waals surface area contributed by atoms with Crippen LogP contribution in [0.5, 0.6) is 0 Å². The number of aliphatic hydroxyl groups is 1. The van der Waals surface area contributed by atoms with Crippen molar-refractivity contribution in [1.82, 2.24) is 0 Å². The molecule has 4 heteroatoms. The van der Waals surface area contributed by atoms with Crippen molar-refractivity contribution in [3.63, 3.8) is 0 Å². The second-order valence-electron chi connectivity index (χ2n) is 4.26. The minimum atomic E-state index is -0.804. The topological polar surface area (TPSA) is 33.4 Å². The molecule has 1 aromatic heterocycles. The molecule has 0 amide bonds. The molecule has 0 radical (unpaired) electrons. The van der Waals surface area contributed by atoms with E-state index in [9.17, 15) is 5.11 Å². The summed E-state index contributed by atoms with van der Waals surface area (Å²) in [6.45, 7) is 0. The van der Waals surface area contributed by atoms with Crippen molar-refractivity contribution < 1.29 is 9.52 Å². The summed E-state index contributed by atoms with van der Waals surface area (Å²) in [4.78, 5) is 0. The Labute approximate surface area is 129 Å². The van der Waals surface area contributed by atoms with E-state index in [2.05, 4.69) is 22.6 Å². The molecule has 1 atom stereocenters. The summed E-state index contributed by atoms with van der Waals surface area (Å²) in [5.74, 6) is 0.526.